The Hall–Kier alpha value is -2.76. The van der Waals surface area contributed by atoms with Crippen molar-refractivity contribution in [3.8, 4) is 0 Å². The number of carbonyl (C=O) groups is 2. The average Bonchev–Trinajstić information content (AvgIpc) is 3.24. The Bertz CT molecular complexity index is 754. The molecule has 0 radical (unpaired) electrons. The van der Waals surface area contributed by atoms with Crippen LogP contribution < -0.4 is 4.90 Å². The van der Waals surface area contributed by atoms with Crippen LogP contribution >= 0.6 is 0 Å². The number of nitrogens with one attached hydrogen (secondary N) is 1. The lowest BCUT2D eigenvalue weighted by Gasteiger charge is -2.31. The third-order valence-corrected chi connectivity index (χ3v) is 4.41. The van der Waals surface area contributed by atoms with Crippen LogP contribution in [0, 0.1) is 0 Å². The number of fused-ring (bicyclic) bond motifs is 1. The number of amides is 2. The molecule has 6 heteroatoms. The van der Waals surface area contributed by atoms with E-state index in [1.165, 1.54) is 0 Å². The highest BCUT2D eigenvalue weighted by Crippen LogP contribution is 2.31. The summed E-state index contributed by atoms with van der Waals surface area (Å²) in [6.45, 7) is 2.22. The second-order valence-electron chi connectivity index (χ2n) is 5.74. The van der Waals surface area contributed by atoms with Gasteiger partial charge < -0.3 is 14.6 Å². The molecule has 2 aliphatic rings. The molecular formula is C17H17N3O3. The molecule has 118 valence electrons. The number of aromatic nitrogens is 1. The van der Waals surface area contributed by atoms with Crippen molar-refractivity contribution >= 4 is 17.7 Å². The summed E-state index contributed by atoms with van der Waals surface area (Å²) in [6, 6.07) is 9.52. The smallest absolute Gasteiger partial charge is 0.414 e. The third kappa shape index (κ3) is 2.36. The first-order chi connectivity index (χ1) is 11.2. The van der Waals surface area contributed by atoms with Gasteiger partial charge in [0.05, 0.1) is 12.2 Å². The van der Waals surface area contributed by atoms with Gasteiger partial charge in [0.2, 0.25) is 0 Å². The van der Waals surface area contributed by atoms with Crippen LogP contribution in [0.5, 0.6) is 0 Å². The van der Waals surface area contributed by atoms with Crippen molar-refractivity contribution in [1.82, 2.24) is 9.88 Å². The molecule has 3 heterocycles. The van der Waals surface area contributed by atoms with Gasteiger partial charge in [-0.2, -0.15) is 0 Å². The van der Waals surface area contributed by atoms with Gasteiger partial charge in [0.25, 0.3) is 5.91 Å². The molecule has 1 fully saturated rings. The molecule has 4 rings (SSSR count). The molecule has 0 unspecified atom stereocenters. The van der Waals surface area contributed by atoms with Crippen LogP contribution in [0.3, 0.4) is 0 Å². The van der Waals surface area contributed by atoms with Gasteiger partial charge in [-0.15, -0.1) is 0 Å². The van der Waals surface area contributed by atoms with E-state index in [9.17, 15) is 9.59 Å². The standard InChI is InChI=1S/C17H17N3O3/c21-16(14-4-2-7-18-14)19-8-6-13-12(11-19)3-1-5-15(13)20-9-10-23-17(20)22/h1-5,7,18H,6,8-11H2. The fourth-order valence-electron chi connectivity index (χ4n) is 3.26. The summed E-state index contributed by atoms with van der Waals surface area (Å²) in [5.41, 5.74) is 3.75. The molecule has 0 atom stereocenters. The number of benzene rings is 1. The summed E-state index contributed by atoms with van der Waals surface area (Å²) in [5, 5.41) is 0. The van der Waals surface area contributed by atoms with Crippen molar-refractivity contribution in [3.05, 3.63) is 53.3 Å². The number of carbonyl (C=O) groups excluding carboxylic acids is 2. The molecular weight excluding hydrogens is 294 g/mol. The monoisotopic (exact) mass is 311 g/mol. The van der Waals surface area contributed by atoms with E-state index in [1.54, 1.807) is 17.2 Å². The molecule has 1 aromatic carbocycles. The van der Waals surface area contributed by atoms with E-state index >= 15 is 0 Å². The number of hydrogen-bond donors (Lipinski definition) is 1. The fraction of sp³-hybridized carbons (Fsp3) is 0.294. The molecule has 1 aromatic heterocycles. The maximum absolute atomic E-state index is 12.5. The number of cyclic esters (lactones) is 1. The second-order valence-corrected chi connectivity index (χ2v) is 5.74. The largest absolute Gasteiger partial charge is 0.447 e. The zero-order valence-corrected chi connectivity index (χ0v) is 12.6. The number of hydrogen-bond acceptors (Lipinski definition) is 3. The molecule has 23 heavy (non-hydrogen) atoms. The highest BCUT2D eigenvalue weighted by Gasteiger charge is 2.29. The first-order valence-corrected chi connectivity index (χ1v) is 7.72. The lowest BCUT2D eigenvalue weighted by atomic mass is 9.97. The molecule has 0 saturated carbocycles. The van der Waals surface area contributed by atoms with Crippen molar-refractivity contribution < 1.29 is 14.3 Å². The van der Waals surface area contributed by atoms with E-state index in [2.05, 4.69) is 4.98 Å². The minimum absolute atomic E-state index is 0.00614. The number of H-pyrrole nitrogens is 1. The van der Waals surface area contributed by atoms with E-state index in [0.29, 0.717) is 31.9 Å². The predicted octanol–water partition coefficient (Wildman–Crippen LogP) is 2.17. The number of rotatable bonds is 2. The first-order valence-electron chi connectivity index (χ1n) is 7.72. The normalized spacial score (nSPS) is 17.1. The lowest BCUT2D eigenvalue weighted by molar-refractivity contribution is 0.0729. The van der Waals surface area contributed by atoms with Crippen molar-refractivity contribution in [2.45, 2.75) is 13.0 Å². The van der Waals surface area contributed by atoms with Gasteiger partial charge >= 0.3 is 6.09 Å². The Labute approximate surface area is 133 Å². The average molecular weight is 311 g/mol. The molecule has 2 amide bonds. The van der Waals surface area contributed by atoms with Gasteiger partial charge in [0, 0.05) is 19.3 Å². The number of anilines is 1. The minimum Gasteiger partial charge on any atom is -0.447 e. The predicted molar refractivity (Wildman–Crippen MR) is 84.4 cm³/mol. The first kappa shape index (κ1) is 13.9. The number of aromatic amines is 1. The molecule has 1 saturated heterocycles. The maximum Gasteiger partial charge on any atom is 0.414 e. The highest BCUT2D eigenvalue weighted by molar-refractivity contribution is 5.93. The van der Waals surface area contributed by atoms with Gasteiger partial charge in [-0.1, -0.05) is 12.1 Å². The Balaban J connectivity index is 1.61. The quantitative estimate of drug-likeness (QED) is 0.924. The molecule has 0 spiro atoms. The zero-order valence-electron chi connectivity index (χ0n) is 12.6. The van der Waals surface area contributed by atoms with Crippen LogP contribution in [-0.4, -0.2) is 41.6 Å². The van der Waals surface area contributed by atoms with Crippen LogP contribution in [0.4, 0.5) is 10.5 Å². The van der Waals surface area contributed by atoms with Crippen LogP contribution in [0.15, 0.2) is 36.5 Å². The number of ether oxygens (including phenoxy) is 1. The van der Waals surface area contributed by atoms with Crippen molar-refractivity contribution in [3.63, 3.8) is 0 Å². The number of nitrogens with zero attached hydrogens (tertiary/aromatic N) is 2. The molecule has 0 bridgehead atoms. The molecule has 2 aromatic rings. The van der Waals surface area contributed by atoms with Crippen LogP contribution in [0.25, 0.3) is 0 Å². The van der Waals surface area contributed by atoms with Gasteiger partial charge in [-0.25, -0.2) is 4.79 Å². The van der Waals surface area contributed by atoms with Crippen molar-refractivity contribution in [1.29, 1.82) is 0 Å². The van der Waals surface area contributed by atoms with Gasteiger partial charge in [-0.05, 0) is 35.7 Å². The molecule has 0 aliphatic carbocycles. The summed E-state index contributed by atoms with van der Waals surface area (Å²) in [5.74, 6) is 0.00614. The summed E-state index contributed by atoms with van der Waals surface area (Å²) >= 11 is 0. The maximum atomic E-state index is 12.5. The minimum atomic E-state index is -0.289. The Morgan fingerprint density at radius 3 is 2.83 bits per heavy atom. The van der Waals surface area contributed by atoms with Gasteiger partial charge in [-0.3, -0.25) is 9.69 Å². The molecule has 6 nitrogen and oxygen atoms in total. The van der Waals surface area contributed by atoms with E-state index < -0.39 is 0 Å². The lowest BCUT2D eigenvalue weighted by Crippen LogP contribution is -2.37. The third-order valence-electron chi connectivity index (χ3n) is 4.41. The fourth-order valence-corrected chi connectivity index (χ4v) is 3.26. The molecule has 1 N–H and O–H groups in total. The Morgan fingerprint density at radius 2 is 2.09 bits per heavy atom. The zero-order chi connectivity index (χ0) is 15.8. The highest BCUT2D eigenvalue weighted by atomic mass is 16.6. The van der Waals surface area contributed by atoms with E-state index in [4.69, 9.17) is 4.74 Å². The van der Waals surface area contributed by atoms with Gasteiger partial charge in [0.15, 0.2) is 0 Å². The van der Waals surface area contributed by atoms with Gasteiger partial charge in [0.1, 0.15) is 12.3 Å². The second kappa shape index (κ2) is 5.46. The van der Waals surface area contributed by atoms with E-state index in [0.717, 1.165) is 23.2 Å². The topological polar surface area (TPSA) is 65.6 Å². The van der Waals surface area contributed by atoms with Crippen LogP contribution in [0.1, 0.15) is 21.6 Å². The SMILES string of the molecule is O=C(c1ccc[nH]1)N1CCc2c(cccc2N2CCOC2=O)C1. The van der Waals surface area contributed by atoms with E-state index in [1.807, 2.05) is 29.2 Å². The molecule has 2 aliphatic heterocycles. The van der Waals surface area contributed by atoms with Crippen LogP contribution in [-0.2, 0) is 17.7 Å². The summed E-state index contributed by atoms with van der Waals surface area (Å²) in [7, 11) is 0. The summed E-state index contributed by atoms with van der Waals surface area (Å²) < 4.78 is 5.04. The van der Waals surface area contributed by atoms with Crippen LogP contribution in [0.2, 0.25) is 0 Å². The van der Waals surface area contributed by atoms with Crippen molar-refractivity contribution in [2.75, 3.05) is 24.6 Å². The van der Waals surface area contributed by atoms with Crippen molar-refractivity contribution in [2.24, 2.45) is 0 Å². The summed E-state index contributed by atoms with van der Waals surface area (Å²) in [6.07, 6.45) is 2.20. The Morgan fingerprint density at radius 1 is 1.17 bits per heavy atom. The Kier molecular flexibility index (Phi) is 3.29. The summed E-state index contributed by atoms with van der Waals surface area (Å²) in [4.78, 5) is 30.8. The van der Waals surface area contributed by atoms with E-state index in [-0.39, 0.29) is 12.0 Å².